The van der Waals surface area contributed by atoms with Gasteiger partial charge in [-0.05, 0) is 49.1 Å². The van der Waals surface area contributed by atoms with Gasteiger partial charge in [0.25, 0.3) is 0 Å². The van der Waals surface area contributed by atoms with Crippen molar-refractivity contribution in [2.75, 3.05) is 25.0 Å². The number of benzene rings is 1. The molecule has 0 saturated carbocycles. The number of anilines is 1. The number of nitrogens with one attached hydrogen (secondary N) is 1. The average Bonchev–Trinajstić information content (AvgIpc) is 2.57. The van der Waals surface area contributed by atoms with Crippen LogP contribution in [-0.2, 0) is 6.42 Å². The number of pyridine rings is 1. The molecule has 1 aliphatic rings. The van der Waals surface area contributed by atoms with Crippen LogP contribution in [0.3, 0.4) is 0 Å². The maximum atomic E-state index is 13.7. The van der Waals surface area contributed by atoms with Crippen LogP contribution in [0, 0.1) is 5.82 Å². The Kier molecular flexibility index (Phi) is 5.01. The Morgan fingerprint density at radius 3 is 2.55 bits per heavy atom. The number of para-hydroxylation sites is 1. The molecule has 4 heteroatoms. The Morgan fingerprint density at radius 2 is 1.82 bits per heavy atom. The molecule has 2 heterocycles. The molecule has 0 aliphatic carbocycles. The lowest BCUT2D eigenvalue weighted by molar-refractivity contribution is 0.221. The van der Waals surface area contributed by atoms with E-state index in [-0.39, 0.29) is 5.82 Å². The van der Waals surface area contributed by atoms with E-state index >= 15 is 0 Å². The predicted octanol–water partition coefficient (Wildman–Crippen LogP) is 3.34. The largest absolute Gasteiger partial charge is 0.380 e. The third kappa shape index (κ3) is 4.04. The smallest absolute Gasteiger partial charge is 0.146 e. The monoisotopic (exact) mass is 299 g/mol. The minimum Gasteiger partial charge on any atom is -0.380 e. The van der Waals surface area contributed by atoms with E-state index in [1.165, 1.54) is 11.6 Å². The van der Waals surface area contributed by atoms with Crippen LogP contribution in [0.4, 0.5) is 10.1 Å². The molecule has 0 spiro atoms. The molecule has 1 fully saturated rings. The van der Waals surface area contributed by atoms with Crippen molar-refractivity contribution in [2.45, 2.75) is 25.3 Å². The zero-order valence-corrected chi connectivity index (χ0v) is 12.7. The number of halogens is 1. The fraction of sp³-hybridized carbons (Fsp3) is 0.389. The van der Waals surface area contributed by atoms with Gasteiger partial charge in [0, 0.05) is 38.1 Å². The molecule has 0 radical (unpaired) electrons. The first-order valence-electron chi connectivity index (χ1n) is 7.93. The number of hydrogen-bond donors (Lipinski definition) is 1. The molecule has 1 aromatic heterocycles. The summed E-state index contributed by atoms with van der Waals surface area (Å²) < 4.78 is 13.7. The van der Waals surface area contributed by atoms with Gasteiger partial charge in [0.2, 0.25) is 0 Å². The van der Waals surface area contributed by atoms with Crippen molar-refractivity contribution in [1.29, 1.82) is 0 Å². The summed E-state index contributed by atoms with van der Waals surface area (Å²) in [5, 5.41) is 3.33. The molecule has 1 saturated heterocycles. The first kappa shape index (κ1) is 15.0. The summed E-state index contributed by atoms with van der Waals surface area (Å²) in [6.45, 7) is 3.21. The van der Waals surface area contributed by atoms with E-state index in [9.17, 15) is 4.39 Å². The summed E-state index contributed by atoms with van der Waals surface area (Å²) in [5.74, 6) is -0.164. The lowest BCUT2D eigenvalue weighted by atomic mass is 10.0. The molecular formula is C18H22FN3. The van der Waals surface area contributed by atoms with E-state index in [0.29, 0.717) is 11.7 Å². The van der Waals surface area contributed by atoms with E-state index in [4.69, 9.17) is 0 Å². The normalized spacial score (nSPS) is 16.6. The summed E-state index contributed by atoms with van der Waals surface area (Å²) in [6, 6.07) is 11.4. The number of hydrogen-bond acceptors (Lipinski definition) is 3. The number of likely N-dealkylation sites (tertiary alicyclic amines) is 1. The molecule has 1 N–H and O–H groups in total. The zero-order chi connectivity index (χ0) is 15.2. The van der Waals surface area contributed by atoms with Crippen molar-refractivity contribution in [1.82, 2.24) is 9.88 Å². The maximum Gasteiger partial charge on any atom is 0.146 e. The van der Waals surface area contributed by atoms with Gasteiger partial charge in [0.15, 0.2) is 0 Å². The first-order valence-corrected chi connectivity index (χ1v) is 7.93. The van der Waals surface area contributed by atoms with E-state index in [0.717, 1.165) is 38.9 Å². The highest BCUT2D eigenvalue weighted by atomic mass is 19.1. The van der Waals surface area contributed by atoms with Crippen molar-refractivity contribution in [3.8, 4) is 0 Å². The molecule has 0 bridgehead atoms. The van der Waals surface area contributed by atoms with Crippen LogP contribution in [0.25, 0.3) is 0 Å². The minimum atomic E-state index is -0.164. The Morgan fingerprint density at radius 1 is 1.09 bits per heavy atom. The molecule has 22 heavy (non-hydrogen) atoms. The maximum absolute atomic E-state index is 13.7. The zero-order valence-electron chi connectivity index (χ0n) is 12.7. The summed E-state index contributed by atoms with van der Waals surface area (Å²) in [7, 11) is 0. The lowest BCUT2D eigenvalue weighted by Gasteiger charge is -2.32. The van der Waals surface area contributed by atoms with Gasteiger partial charge in [0.05, 0.1) is 5.69 Å². The molecule has 3 nitrogen and oxygen atoms in total. The third-order valence-electron chi connectivity index (χ3n) is 4.29. The average molecular weight is 299 g/mol. The Balaban J connectivity index is 1.44. The van der Waals surface area contributed by atoms with Crippen LogP contribution in [-0.4, -0.2) is 35.6 Å². The second-order valence-corrected chi connectivity index (χ2v) is 5.85. The second kappa shape index (κ2) is 7.36. The van der Waals surface area contributed by atoms with Gasteiger partial charge < -0.3 is 10.2 Å². The number of rotatable bonds is 5. The molecule has 1 aliphatic heterocycles. The fourth-order valence-electron chi connectivity index (χ4n) is 2.94. The Hall–Kier alpha value is -1.94. The molecule has 2 aromatic rings. The highest BCUT2D eigenvalue weighted by molar-refractivity contribution is 5.45. The molecule has 0 amide bonds. The molecule has 0 unspecified atom stereocenters. The fourth-order valence-corrected chi connectivity index (χ4v) is 2.94. The Bertz CT molecular complexity index is 580. The summed E-state index contributed by atoms with van der Waals surface area (Å²) >= 11 is 0. The minimum absolute atomic E-state index is 0.164. The molecule has 3 rings (SSSR count). The van der Waals surface area contributed by atoms with Gasteiger partial charge in [-0.2, -0.15) is 0 Å². The predicted molar refractivity (Wildman–Crippen MR) is 87.4 cm³/mol. The van der Waals surface area contributed by atoms with Crippen LogP contribution in [0.1, 0.15) is 18.4 Å². The molecule has 0 atom stereocenters. The van der Waals surface area contributed by atoms with E-state index in [1.807, 2.05) is 24.5 Å². The molecular weight excluding hydrogens is 277 g/mol. The van der Waals surface area contributed by atoms with Gasteiger partial charge in [-0.15, -0.1) is 0 Å². The number of aromatic nitrogens is 1. The van der Waals surface area contributed by atoms with E-state index in [1.54, 1.807) is 6.07 Å². The van der Waals surface area contributed by atoms with Crippen LogP contribution < -0.4 is 5.32 Å². The van der Waals surface area contributed by atoms with Crippen LogP contribution in [0.2, 0.25) is 0 Å². The second-order valence-electron chi connectivity index (χ2n) is 5.85. The lowest BCUT2D eigenvalue weighted by Crippen LogP contribution is -2.40. The van der Waals surface area contributed by atoms with Crippen LogP contribution in [0.15, 0.2) is 48.8 Å². The third-order valence-corrected chi connectivity index (χ3v) is 4.29. The quantitative estimate of drug-likeness (QED) is 0.918. The van der Waals surface area contributed by atoms with E-state index in [2.05, 4.69) is 27.3 Å². The van der Waals surface area contributed by atoms with Gasteiger partial charge in [-0.3, -0.25) is 4.98 Å². The Labute approximate surface area is 131 Å². The van der Waals surface area contributed by atoms with Gasteiger partial charge >= 0.3 is 0 Å². The SMILES string of the molecule is Fc1ccccc1NC1CCN(CCc2ccncc2)CC1. The van der Waals surface area contributed by atoms with Crippen LogP contribution >= 0.6 is 0 Å². The molecule has 1 aromatic carbocycles. The van der Waals surface area contributed by atoms with Gasteiger partial charge in [-0.1, -0.05) is 12.1 Å². The highest BCUT2D eigenvalue weighted by Crippen LogP contribution is 2.19. The van der Waals surface area contributed by atoms with Gasteiger partial charge in [-0.25, -0.2) is 4.39 Å². The van der Waals surface area contributed by atoms with Crippen LogP contribution in [0.5, 0.6) is 0 Å². The summed E-state index contributed by atoms with van der Waals surface area (Å²) in [4.78, 5) is 6.53. The van der Waals surface area contributed by atoms with Crippen molar-refractivity contribution in [2.24, 2.45) is 0 Å². The van der Waals surface area contributed by atoms with Gasteiger partial charge in [0.1, 0.15) is 5.82 Å². The molecule has 116 valence electrons. The topological polar surface area (TPSA) is 28.2 Å². The number of nitrogens with zero attached hydrogens (tertiary/aromatic N) is 2. The van der Waals surface area contributed by atoms with Crippen molar-refractivity contribution in [3.05, 3.63) is 60.2 Å². The van der Waals surface area contributed by atoms with Crippen molar-refractivity contribution in [3.63, 3.8) is 0 Å². The summed E-state index contributed by atoms with van der Waals surface area (Å²) in [6.07, 6.45) is 6.88. The first-order chi connectivity index (χ1) is 10.8. The highest BCUT2D eigenvalue weighted by Gasteiger charge is 2.19. The summed E-state index contributed by atoms with van der Waals surface area (Å²) in [5.41, 5.74) is 1.96. The standard InChI is InChI=1S/C18H22FN3/c19-17-3-1-2-4-18(17)21-16-8-13-22(14-9-16)12-7-15-5-10-20-11-6-15/h1-6,10-11,16,21H,7-9,12-14H2. The van der Waals surface area contributed by atoms with E-state index < -0.39 is 0 Å². The van der Waals surface area contributed by atoms with Crippen molar-refractivity contribution >= 4 is 5.69 Å². The number of piperidine rings is 1. The van der Waals surface area contributed by atoms with Crippen molar-refractivity contribution < 1.29 is 4.39 Å².